The van der Waals surface area contributed by atoms with Crippen molar-refractivity contribution < 1.29 is 9.53 Å². The molecule has 1 amide bonds. The van der Waals surface area contributed by atoms with E-state index in [-0.39, 0.29) is 12.5 Å². The summed E-state index contributed by atoms with van der Waals surface area (Å²) < 4.78 is 5.75. The van der Waals surface area contributed by atoms with E-state index in [0.29, 0.717) is 11.5 Å². The molecule has 0 aliphatic heterocycles. The molecule has 0 aliphatic rings. The molecule has 0 unspecified atom stereocenters. The summed E-state index contributed by atoms with van der Waals surface area (Å²) in [5.74, 6) is 0.335. The Kier molecular flexibility index (Phi) is 7.43. The van der Waals surface area contributed by atoms with Gasteiger partial charge in [0.25, 0.3) is 5.91 Å². The Balaban J connectivity index is 1.44. The first-order chi connectivity index (χ1) is 16.3. The fourth-order valence-electron chi connectivity index (χ4n) is 3.25. The smallest absolute Gasteiger partial charge is 0.277 e. The number of ether oxygens (including phenoxy) is 1. The maximum absolute atomic E-state index is 12.4. The first-order valence-electron chi connectivity index (χ1n) is 10.7. The fourth-order valence-corrected chi connectivity index (χ4v) is 3.25. The van der Waals surface area contributed by atoms with Gasteiger partial charge >= 0.3 is 0 Å². The number of hydrogen-bond acceptors (Lipinski definition) is 3. The zero-order valence-electron chi connectivity index (χ0n) is 18.1. The Morgan fingerprint density at radius 1 is 0.727 bits per heavy atom. The monoisotopic (exact) mass is 432 g/mol. The molecule has 0 aromatic heterocycles. The Morgan fingerprint density at radius 3 is 1.97 bits per heavy atom. The second-order valence-electron chi connectivity index (χ2n) is 7.33. The van der Waals surface area contributed by atoms with Gasteiger partial charge in [-0.15, -0.1) is 0 Å². The van der Waals surface area contributed by atoms with Crippen LogP contribution in [0.3, 0.4) is 0 Å². The van der Waals surface area contributed by atoms with Gasteiger partial charge in [-0.25, -0.2) is 5.43 Å². The average Bonchev–Trinajstić information content (AvgIpc) is 2.88. The zero-order chi connectivity index (χ0) is 22.7. The highest BCUT2D eigenvalue weighted by molar-refractivity contribution is 6.09. The van der Waals surface area contributed by atoms with Crippen LogP contribution in [0.5, 0.6) is 5.75 Å². The number of rotatable bonds is 8. The molecule has 162 valence electrons. The third-order valence-electron chi connectivity index (χ3n) is 4.91. The molecule has 0 bridgehead atoms. The van der Waals surface area contributed by atoms with Crippen LogP contribution in [0.15, 0.2) is 120 Å². The van der Waals surface area contributed by atoms with Crippen molar-refractivity contribution in [2.45, 2.75) is 0 Å². The molecule has 0 fully saturated rings. The second kappa shape index (κ2) is 11.3. The summed E-state index contributed by atoms with van der Waals surface area (Å²) in [6, 6.07) is 33.5. The molecular weight excluding hydrogens is 408 g/mol. The van der Waals surface area contributed by atoms with Crippen molar-refractivity contribution in [2.75, 3.05) is 6.61 Å². The summed E-state index contributed by atoms with van der Waals surface area (Å²) in [4.78, 5) is 12.4. The molecule has 0 saturated carbocycles. The number of fused-ring (bicyclic) bond motifs is 1. The van der Waals surface area contributed by atoms with Crippen molar-refractivity contribution in [3.63, 3.8) is 0 Å². The van der Waals surface area contributed by atoms with E-state index in [0.717, 1.165) is 21.9 Å². The Labute approximate surface area is 193 Å². The quantitative estimate of drug-likeness (QED) is 0.269. The van der Waals surface area contributed by atoms with Crippen molar-refractivity contribution in [1.29, 1.82) is 0 Å². The summed E-state index contributed by atoms with van der Waals surface area (Å²) in [6.45, 7) is -0.129. The molecule has 4 aromatic rings. The van der Waals surface area contributed by atoms with Gasteiger partial charge in [-0.3, -0.25) is 4.79 Å². The molecule has 4 rings (SSSR count). The van der Waals surface area contributed by atoms with Gasteiger partial charge < -0.3 is 4.74 Å². The largest absolute Gasteiger partial charge is 0.483 e. The van der Waals surface area contributed by atoms with E-state index in [1.807, 2.05) is 127 Å². The second-order valence-corrected chi connectivity index (χ2v) is 7.33. The molecule has 1 N–H and O–H groups in total. The topological polar surface area (TPSA) is 50.7 Å². The summed E-state index contributed by atoms with van der Waals surface area (Å²) in [5, 5.41) is 6.32. The van der Waals surface area contributed by atoms with E-state index in [2.05, 4.69) is 10.5 Å². The van der Waals surface area contributed by atoms with Crippen molar-refractivity contribution in [1.82, 2.24) is 5.43 Å². The van der Waals surface area contributed by atoms with Crippen LogP contribution < -0.4 is 10.2 Å². The van der Waals surface area contributed by atoms with Crippen molar-refractivity contribution in [3.05, 3.63) is 126 Å². The summed E-state index contributed by atoms with van der Waals surface area (Å²) in [7, 11) is 0. The number of hydrazone groups is 1. The van der Waals surface area contributed by atoms with Crippen molar-refractivity contribution in [2.24, 2.45) is 5.10 Å². The third-order valence-corrected chi connectivity index (χ3v) is 4.91. The fraction of sp³-hybridized carbons (Fsp3) is 0.0345. The van der Waals surface area contributed by atoms with Crippen LogP contribution in [-0.4, -0.2) is 18.2 Å². The van der Waals surface area contributed by atoms with Gasteiger partial charge in [0.05, 0.1) is 5.71 Å². The van der Waals surface area contributed by atoms with Crippen LogP contribution in [0.1, 0.15) is 11.1 Å². The number of nitrogens with one attached hydrogen (secondary N) is 1. The Bertz CT molecular complexity index is 1240. The maximum atomic E-state index is 12.4. The van der Waals surface area contributed by atoms with Gasteiger partial charge in [-0.1, -0.05) is 109 Å². The normalized spacial score (nSPS) is 11.0. The molecule has 0 spiro atoms. The molecular formula is C29H24N2O2. The Morgan fingerprint density at radius 2 is 1.30 bits per heavy atom. The van der Waals surface area contributed by atoms with Crippen LogP contribution in [0.2, 0.25) is 0 Å². The summed E-state index contributed by atoms with van der Waals surface area (Å²) in [6.07, 6.45) is 7.63. The standard InChI is InChI=1S/C29H24N2O2/c32-29(22-33-28-17-9-15-25-14-7-8-16-27(25)28)31-30-26(20-18-23-10-3-1-4-11-23)21-19-24-12-5-2-6-13-24/h1-21H,22H2,(H,31,32)/b20-18+,21-19+. The van der Waals surface area contributed by atoms with E-state index in [9.17, 15) is 4.79 Å². The Hall–Kier alpha value is -4.44. The molecule has 0 saturated heterocycles. The van der Waals surface area contributed by atoms with Gasteiger partial charge in [0.1, 0.15) is 5.75 Å². The predicted octanol–water partition coefficient (Wildman–Crippen LogP) is 6.12. The lowest BCUT2D eigenvalue weighted by Crippen LogP contribution is -2.25. The van der Waals surface area contributed by atoms with Crippen molar-refractivity contribution >= 4 is 34.5 Å². The van der Waals surface area contributed by atoms with Crippen LogP contribution in [-0.2, 0) is 4.79 Å². The van der Waals surface area contributed by atoms with E-state index >= 15 is 0 Å². The molecule has 0 aliphatic carbocycles. The number of nitrogens with zero attached hydrogens (tertiary/aromatic N) is 1. The van der Waals surface area contributed by atoms with E-state index in [1.54, 1.807) is 0 Å². The highest BCUT2D eigenvalue weighted by Gasteiger charge is 2.05. The number of carbonyl (C=O) groups is 1. The van der Waals surface area contributed by atoms with Gasteiger partial charge in [0.2, 0.25) is 0 Å². The van der Waals surface area contributed by atoms with Crippen LogP contribution in [0.25, 0.3) is 22.9 Å². The van der Waals surface area contributed by atoms with Gasteiger partial charge in [-0.05, 0) is 34.7 Å². The number of hydrogen-bond donors (Lipinski definition) is 1. The van der Waals surface area contributed by atoms with Crippen molar-refractivity contribution in [3.8, 4) is 5.75 Å². The van der Waals surface area contributed by atoms with Gasteiger partial charge in [-0.2, -0.15) is 5.10 Å². The van der Waals surface area contributed by atoms with E-state index in [1.165, 1.54) is 0 Å². The molecule has 0 radical (unpaired) electrons. The number of amides is 1. The molecule has 4 nitrogen and oxygen atoms in total. The minimum absolute atomic E-state index is 0.129. The SMILES string of the molecule is O=C(COc1cccc2ccccc12)NN=C(/C=C/c1ccccc1)/C=C/c1ccccc1. The lowest BCUT2D eigenvalue weighted by molar-refractivity contribution is -0.123. The van der Waals surface area contributed by atoms with Crippen LogP contribution in [0, 0.1) is 0 Å². The number of carbonyl (C=O) groups excluding carboxylic acids is 1. The molecule has 33 heavy (non-hydrogen) atoms. The molecule has 4 heteroatoms. The van der Waals surface area contributed by atoms with E-state index < -0.39 is 0 Å². The first-order valence-corrected chi connectivity index (χ1v) is 10.7. The lowest BCUT2D eigenvalue weighted by atomic mass is 10.1. The number of allylic oxidation sites excluding steroid dienone is 2. The summed E-state index contributed by atoms with van der Waals surface area (Å²) >= 11 is 0. The lowest BCUT2D eigenvalue weighted by Gasteiger charge is -2.08. The number of benzene rings is 4. The molecule has 4 aromatic carbocycles. The third kappa shape index (κ3) is 6.52. The average molecular weight is 433 g/mol. The summed E-state index contributed by atoms with van der Waals surface area (Å²) in [5.41, 5.74) is 5.30. The van der Waals surface area contributed by atoms with Crippen LogP contribution >= 0.6 is 0 Å². The zero-order valence-corrected chi connectivity index (χ0v) is 18.1. The minimum Gasteiger partial charge on any atom is -0.483 e. The molecule has 0 heterocycles. The van der Waals surface area contributed by atoms with Gasteiger partial charge in [0, 0.05) is 5.39 Å². The molecule has 0 atom stereocenters. The maximum Gasteiger partial charge on any atom is 0.277 e. The van der Waals surface area contributed by atoms with Crippen LogP contribution in [0.4, 0.5) is 0 Å². The highest BCUT2D eigenvalue weighted by Crippen LogP contribution is 2.24. The minimum atomic E-state index is -0.332. The van der Waals surface area contributed by atoms with Gasteiger partial charge in [0.15, 0.2) is 6.61 Å². The first kappa shape index (κ1) is 21.8. The highest BCUT2D eigenvalue weighted by atomic mass is 16.5. The van der Waals surface area contributed by atoms with E-state index in [4.69, 9.17) is 4.74 Å². The predicted molar refractivity (Wildman–Crippen MR) is 136 cm³/mol.